The summed E-state index contributed by atoms with van der Waals surface area (Å²) in [6, 6.07) is 3.45. The van der Waals surface area contributed by atoms with E-state index in [0.29, 0.717) is 16.5 Å². The average Bonchev–Trinajstić information content (AvgIpc) is 2.45. The number of hydrogen-bond acceptors (Lipinski definition) is 3. The van der Waals surface area contributed by atoms with E-state index in [1.807, 2.05) is 0 Å². The summed E-state index contributed by atoms with van der Waals surface area (Å²) in [6.45, 7) is 3.48. The van der Waals surface area contributed by atoms with Crippen LogP contribution < -0.4 is 5.32 Å². The Balaban J connectivity index is 2.21. The number of rotatable bonds is 4. The molecule has 0 radical (unpaired) electrons. The van der Waals surface area contributed by atoms with Gasteiger partial charge in [0.05, 0.1) is 11.3 Å². The van der Waals surface area contributed by atoms with Crippen LogP contribution in [0.5, 0.6) is 0 Å². The third-order valence-corrected chi connectivity index (χ3v) is 3.94. The van der Waals surface area contributed by atoms with Gasteiger partial charge < -0.3 is 5.32 Å². The molecule has 23 heavy (non-hydrogen) atoms. The molecule has 0 saturated carbocycles. The van der Waals surface area contributed by atoms with Crippen molar-refractivity contribution in [2.75, 3.05) is 5.32 Å². The summed E-state index contributed by atoms with van der Waals surface area (Å²) in [4.78, 5) is 7.95. The molecule has 0 fully saturated rings. The van der Waals surface area contributed by atoms with Crippen LogP contribution in [-0.2, 0) is 12.6 Å². The van der Waals surface area contributed by atoms with Gasteiger partial charge in [-0.3, -0.25) is 0 Å². The van der Waals surface area contributed by atoms with Crippen LogP contribution in [0.25, 0.3) is 0 Å². The lowest BCUT2D eigenvalue weighted by atomic mass is 10.0. The number of benzene rings is 1. The third kappa shape index (κ3) is 4.48. The maximum atomic E-state index is 13.1. The van der Waals surface area contributed by atoms with Crippen molar-refractivity contribution in [1.82, 2.24) is 9.97 Å². The molecule has 1 heterocycles. The first-order chi connectivity index (χ1) is 10.7. The summed E-state index contributed by atoms with van der Waals surface area (Å²) in [7, 11) is 0. The van der Waals surface area contributed by atoms with Gasteiger partial charge in [-0.2, -0.15) is 13.2 Å². The largest absolute Gasteiger partial charge is 0.416 e. The van der Waals surface area contributed by atoms with Gasteiger partial charge in [-0.15, -0.1) is 0 Å². The standard InChI is InChI=1S/C15H14Cl2F3N3/c1-8(23-14-13(17)9(2)21-7-22-14)5-10-3-4-11(16)6-12(10)15(18,19)20/h3-4,6-8H,5H2,1-2H3,(H,21,22,23). The molecule has 8 heteroatoms. The van der Waals surface area contributed by atoms with Crippen LogP contribution in [0.1, 0.15) is 23.7 Å². The number of aromatic nitrogens is 2. The van der Waals surface area contributed by atoms with E-state index in [1.165, 1.54) is 18.5 Å². The normalized spacial score (nSPS) is 13.0. The molecule has 0 aliphatic rings. The van der Waals surface area contributed by atoms with Gasteiger partial charge in [-0.05, 0) is 38.0 Å². The molecule has 0 bridgehead atoms. The summed E-state index contributed by atoms with van der Waals surface area (Å²) < 4.78 is 39.3. The topological polar surface area (TPSA) is 37.8 Å². The van der Waals surface area contributed by atoms with Crippen molar-refractivity contribution in [1.29, 1.82) is 0 Å². The van der Waals surface area contributed by atoms with Crippen LogP contribution in [-0.4, -0.2) is 16.0 Å². The maximum Gasteiger partial charge on any atom is 0.416 e. The van der Waals surface area contributed by atoms with Crippen LogP contribution in [0.3, 0.4) is 0 Å². The Bertz CT molecular complexity index is 705. The predicted molar refractivity (Wildman–Crippen MR) is 85.0 cm³/mol. The van der Waals surface area contributed by atoms with Gasteiger partial charge >= 0.3 is 6.18 Å². The van der Waals surface area contributed by atoms with E-state index in [0.717, 1.165) is 6.07 Å². The molecule has 1 atom stereocenters. The summed E-state index contributed by atoms with van der Waals surface area (Å²) in [5.74, 6) is 0.397. The van der Waals surface area contributed by atoms with E-state index in [4.69, 9.17) is 23.2 Å². The van der Waals surface area contributed by atoms with Crippen LogP contribution in [0.4, 0.5) is 19.0 Å². The number of anilines is 1. The summed E-state index contributed by atoms with van der Waals surface area (Å²) in [5, 5.41) is 3.41. The quantitative estimate of drug-likeness (QED) is 0.815. The van der Waals surface area contributed by atoms with Crippen molar-refractivity contribution in [3.8, 4) is 0 Å². The Morgan fingerprint density at radius 1 is 1.22 bits per heavy atom. The highest BCUT2D eigenvalue weighted by atomic mass is 35.5. The average molecular weight is 364 g/mol. The SMILES string of the molecule is Cc1ncnc(NC(C)Cc2ccc(Cl)cc2C(F)(F)F)c1Cl. The molecule has 0 aliphatic heterocycles. The van der Waals surface area contributed by atoms with Gasteiger partial charge in [0, 0.05) is 11.1 Å². The minimum absolute atomic E-state index is 0.0520. The Hall–Kier alpha value is -1.53. The Morgan fingerprint density at radius 3 is 2.57 bits per heavy atom. The van der Waals surface area contributed by atoms with Crippen molar-refractivity contribution < 1.29 is 13.2 Å². The minimum atomic E-state index is -4.46. The van der Waals surface area contributed by atoms with Crippen molar-refractivity contribution in [2.24, 2.45) is 0 Å². The molecular formula is C15H14Cl2F3N3. The van der Waals surface area contributed by atoms with Gasteiger partial charge in [0.15, 0.2) is 0 Å². The number of hydrogen-bond donors (Lipinski definition) is 1. The fourth-order valence-corrected chi connectivity index (χ4v) is 2.49. The second-order valence-electron chi connectivity index (χ2n) is 5.17. The van der Waals surface area contributed by atoms with Crippen molar-refractivity contribution >= 4 is 29.0 Å². The lowest BCUT2D eigenvalue weighted by Crippen LogP contribution is -2.21. The van der Waals surface area contributed by atoms with E-state index in [1.54, 1.807) is 13.8 Å². The van der Waals surface area contributed by atoms with E-state index < -0.39 is 11.7 Å². The molecular weight excluding hydrogens is 350 g/mol. The first-order valence-electron chi connectivity index (χ1n) is 6.77. The fourth-order valence-electron chi connectivity index (χ4n) is 2.16. The van der Waals surface area contributed by atoms with E-state index in [9.17, 15) is 13.2 Å². The number of aryl methyl sites for hydroxylation is 1. The zero-order valence-electron chi connectivity index (χ0n) is 12.4. The zero-order chi connectivity index (χ0) is 17.2. The van der Waals surface area contributed by atoms with E-state index >= 15 is 0 Å². The fraction of sp³-hybridized carbons (Fsp3) is 0.333. The Labute approximate surface area is 141 Å². The molecule has 3 nitrogen and oxygen atoms in total. The second-order valence-corrected chi connectivity index (χ2v) is 5.98. The predicted octanol–water partition coefficient (Wildman–Crippen LogP) is 5.15. The lowest BCUT2D eigenvalue weighted by Gasteiger charge is -2.19. The van der Waals surface area contributed by atoms with E-state index in [-0.39, 0.29) is 23.0 Å². The van der Waals surface area contributed by atoms with Crippen LogP contribution in [0.2, 0.25) is 10.0 Å². The second kappa shape index (κ2) is 6.93. The molecule has 2 aromatic rings. The number of nitrogens with zero attached hydrogens (tertiary/aromatic N) is 2. The van der Waals surface area contributed by atoms with Crippen molar-refractivity contribution in [3.05, 3.63) is 51.4 Å². The third-order valence-electron chi connectivity index (χ3n) is 3.25. The summed E-state index contributed by atoms with van der Waals surface area (Å²) in [6.07, 6.45) is -2.96. The molecule has 1 N–H and O–H groups in total. The first-order valence-corrected chi connectivity index (χ1v) is 7.53. The smallest absolute Gasteiger partial charge is 0.366 e. The van der Waals surface area contributed by atoms with Crippen molar-refractivity contribution in [2.45, 2.75) is 32.5 Å². The molecule has 0 spiro atoms. The van der Waals surface area contributed by atoms with Crippen LogP contribution in [0.15, 0.2) is 24.5 Å². The number of nitrogens with one attached hydrogen (secondary N) is 1. The van der Waals surface area contributed by atoms with Gasteiger partial charge in [0.25, 0.3) is 0 Å². The summed E-state index contributed by atoms with van der Waals surface area (Å²) >= 11 is 11.8. The molecule has 0 aliphatic carbocycles. The first kappa shape index (κ1) is 17.8. The number of alkyl halides is 3. The van der Waals surface area contributed by atoms with Gasteiger partial charge in [0.1, 0.15) is 17.2 Å². The van der Waals surface area contributed by atoms with Crippen LogP contribution >= 0.6 is 23.2 Å². The molecule has 1 aromatic heterocycles. The monoisotopic (exact) mass is 363 g/mol. The maximum absolute atomic E-state index is 13.1. The zero-order valence-corrected chi connectivity index (χ0v) is 13.9. The molecule has 0 amide bonds. The van der Waals surface area contributed by atoms with Crippen molar-refractivity contribution in [3.63, 3.8) is 0 Å². The van der Waals surface area contributed by atoms with Crippen LogP contribution in [0, 0.1) is 6.92 Å². The highest BCUT2D eigenvalue weighted by molar-refractivity contribution is 6.33. The molecule has 1 aromatic carbocycles. The minimum Gasteiger partial charge on any atom is -0.366 e. The highest BCUT2D eigenvalue weighted by Gasteiger charge is 2.33. The highest BCUT2D eigenvalue weighted by Crippen LogP contribution is 2.34. The number of halogens is 5. The Kier molecular flexibility index (Phi) is 5.37. The van der Waals surface area contributed by atoms with Gasteiger partial charge in [-0.25, -0.2) is 9.97 Å². The Morgan fingerprint density at radius 2 is 1.91 bits per heavy atom. The molecule has 1 unspecified atom stereocenters. The molecule has 2 rings (SSSR count). The molecule has 0 saturated heterocycles. The molecule has 124 valence electrons. The van der Waals surface area contributed by atoms with Gasteiger partial charge in [0.2, 0.25) is 0 Å². The van der Waals surface area contributed by atoms with Gasteiger partial charge in [-0.1, -0.05) is 29.3 Å². The summed E-state index contributed by atoms with van der Waals surface area (Å²) in [5.41, 5.74) is 0.0197. The lowest BCUT2D eigenvalue weighted by molar-refractivity contribution is -0.138. The van der Waals surface area contributed by atoms with E-state index in [2.05, 4.69) is 15.3 Å².